The summed E-state index contributed by atoms with van der Waals surface area (Å²) in [5.74, 6) is 0. The fraction of sp³-hybridized carbons (Fsp3) is 0.286. The van der Waals surface area contributed by atoms with E-state index in [-0.39, 0.29) is 0 Å². The number of hydrogen-bond donors (Lipinski definition) is 1. The maximum Gasteiger partial charge on any atom is 0.124 e. The van der Waals surface area contributed by atoms with Gasteiger partial charge < -0.3 is 10.2 Å². The van der Waals surface area contributed by atoms with Crippen molar-refractivity contribution in [2.75, 3.05) is 33.7 Å². The highest BCUT2D eigenvalue weighted by Crippen LogP contribution is 2.29. The highest BCUT2D eigenvalue weighted by Gasteiger charge is 2.07. The van der Waals surface area contributed by atoms with Gasteiger partial charge in [0, 0.05) is 41.2 Å². The average Bonchev–Trinajstić information content (AvgIpc) is 3.16. The topological polar surface area (TPSA) is 28.2 Å². The Labute approximate surface area is 164 Å². The molecule has 136 valence electrons. The number of nitrogens with one attached hydrogen (secondary N) is 1. The Morgan fingerprint density at radius 1 is 1.00 bits per heavy atom. The van der Waals surface area contributed by atoms with Crippen molar-refractivity contribution in [1.82, 2.24) is 15.2 Å². The third kappa shape index (κ3) is 5.15. The van der Waals surface area contributed by atoms with Crippen molar-refractivity contribution in [3.8, 4) is 21.8 Å². The van der Waals surface area contributed by atoms with Crippen LogP contribution < -0.4 is 5.32 Å². The average molecular weight is 386 g/mol. The van der Waals surface area contributed by atoms with Crippen molar-refractivity contribution >= 4 is 22.9 Å². The first-order chi connectivity index (χ1) is 12.7. The van der Waals surface area contributed by atoms with Crippen LogP contribution in [0.1, 0.15) is 5.56 Å². The molecule has 0 radical (unpaired) electrons. The van der Waals surface area contributed by atoms with Gasteiger partial charge in [-0.2, -0.15) is 0 Å². The van der Waals surface area contributed by atoms with Gasteiger partial charge in [0.05, 0.1) is 5.69 Å². The highest BCUT2D eigenvalue weighted by atomic mass is 35.5. The zero-order valence-corrected chi connectivity index (χ0v) is 16.8. The van der Waals surface area contributed by atoms with E-state index in [0.717, 1.165) is 52.9 Å². The first kappa shape index (κ1) is 19.1. The minimum atomic E-state index is 0.748. The van der Waals surface area contributed by atoms with Gasteiger partial charge in [0.25, 0.3) is 0 Å². The van der Waals surface area contributed by atoms with E-state index in [1.165, 1.54) is 5.56 Å². The molecular formula is C21H24ClN3S. The van der Waals surface area contributed by atoms with Crippen LogP contribution >= 0.6 is 22.9 Å². The lowest BCUT2D eigenvalue weighted by Gasteiger charge is -2.16. The molecule has 1 N–H and O–H groups in total. The molecule has 0 atom stereocenters. The smallest absolute Gasteiger partial charge is 0.124 e. The van der Waals surface area contributed by atoms with Crippen LogP contribution in [0.2, 0.25) is 5.02 Å². The van der Waals surface area contributed by atoms with Crippen molar-refractivity contribution in [3.63, 3.8) is 0 Å². The largest absolute Gasteiger partial charge is 0.318 e. The zero-order valence-electron chi connectivity index (χ0n) is 15.2. The summed E-state index contributed by atoms with van der Waals surface area (Å²) in [6.45, 7) is 3.16. The third-order valence-corrected chi connectivity index (χ3v) is 5.51. The van der Waals surface area contributed by atoms with E-state index < -0.39 is 0 Å². The van der Waals surface area contributed by atoms with Crippen molar-refractivity contribution in [2.45, 2.75) is 6.42 Å². The molecule has 0 amide bonds. The van der Waals surface area contributed by atoms with Gasteiger partial charge in [0.2, 0.25) is 0 Å². The van der Waals surface area contributed by atoms with Crippen LogP contribution in [0.3, 0.4) is 0 Å². The second kappa shape index (κ2) is 9.28. The number of nitrogens with zero attached hydrogens (tertiary/aromatic N) is 2. The van der Waals surface area contributed by atoms with Gasteiger partial charge in [-0.3, -0.25) is 0 Å². The van der Waals surface area contributed by atoms with E-state index in [1.54, 1.807) is 11.3 Å². The number of rotatable bonds is 8. The molecule has 0 bridgehead atoms. The van der Waals surface area contributed by atoms with Crippen LogP contribution in [-0.4, -0.2) is 43.6 Å². The summed E-state index contributed by atoms with van der Waals surface area (Å²) < 4.78 is 0. The van der Waals surface area contributed by atoms with E-state index in [9.17, 15) is 0 Å². The van der Waals surface area contributed by atoms with Gasteiger partial charge in [0.15, 0.2) is 0 Å². The molecule has 2 aromatic carbocycles. The Balaban J connectivity index is 1.63. The fourth-order valence-electron chi connectivity index (χ4n) is 2.71. The standard InChI is InChI=1S/C21H24ClN3S/c1-23-12-14-25(2)13-11-16-3-5-17(6-4-16)20-15-26-21(24-20)18-7-9-19(22)10-8-18/h3-10,15,23H,11-14H2,1-2H3. The second-order valence-electron chi connectivity index (χ2n) is 6.40. The van der Waals surface area contributed by atoms with Crippen molar-refractivity contribution in [1.29, 1.82) is 0 Å². The lowest BCUT2D eigenvalue weighted by molar-refractivity contribution is 0.339. The van der Waals surface area contributed by atoms with E-state index in [1.807, 2.05) is 31.3 Å². The van der Waals surface area contributed by atoms with Crippen LogP contribution in [0.5, 0.6) is 0 Å². The molecule has 0 saturated heterocycles. The Hall–Kier alpha value is -1.72. The van der Waals surface area contributed by atoms with Crippen LogP contribution in [0, 0.1) is 0 Å². The molecule has 1 heterocycles. The van der Waals surface area contributed by atoms with Crippen molar-refractivity contribution in [3.05, 3.63) is 64.5 Å². The molecule has 3 nitrogen and oxygen atoms in total. The maximum absolute atomic E-state index is 5.96. The molecule has 0 unspecified atom stereocenters. The SMILES string of the molecule is CNCCN(C)CCc1ccc(-c2csc(-c3ccc(Cl)cc3)n2)cc1. The number of halogens is 1. The fourth-order valence-corrected chi connectivity index (χ4v) is 3.67. The number of thiazole rings is 1. The van der Waals surface area contributed by atoms with E-state index in [2.05, 4.69) is 46.9 Å². The minimum Gasteiger partial charge on any atom is -0.318 e. The first-order valence-corrected chi connectivity index (χ1v) is 10.1. The summed E-state index contributed by atoms with van der Waals surface area (Å²) in [4.78, 5) is 7.13. The van der Waals surface area contributed by atoms with Crippen LogP contribution in [0.15, 0.2) is 53.9 Å². The summed E-state index contributed by atoms with van der Waals surface area (Å²) in [5, 5.41) is 7.07. The van der Waals surface area contributed by atoms with Gasteiger partial charge >= 0.3 is 0 Å². The third-order valence-electron chi connectivity index (χ3n) is 4.37. The molecule has 5 heteroatoms. The van der Waals surface area contributed by atoms with Crippen molar-refractivity contribution < 1.29 is 0 Å². The van der Waals surface area contributed by atoms with Crippen molar-refractivity contribution in [2.24, 2.45) is 0 Å². The quantitative estimate of drug-likeness (QED) is 0.602. The van der Waals surface area contributed by atoms with E-state index >= 15 is 0 Å². The molecule has 0 aliphatic rings. The van der Waals surface area contributed by atoms with E-state index in [4.69, 9.17) is 16.6 Å². The lowest BCUT2D eigenvalue weighted by atomic mass is 10.1. The van der Waals surface area contributed by atoms with Crippen LogP contribution in [-0.2, 0) is 6.42 Å². The highest BCUT2D eigenvalue weighted by molar-refractivity contribution is 7.13. The number of aromatic nitrogens is 1. The molecule has 0 aliphatic carbocycles. The zero-order chi connectivity index (χ0) is 18.4. The number of benzene rings is 2. The van der Waals surface area contributed by atoms with Gasteiger partial charge in [-0.1, -0.05) is 48.0 Å². The summed E-state index contributed by atoms with van der Waals surface area (Å²) in [7, 11) is 4.16. The molecule has 3 rings (SSSR count). The van der Waals surface area contributed by atoms with Gasteiger partial charge in [-0.25, -0.2) is 4.98 Å². The molecule has 0 fully saturated rings. The predicted octanol–water partition coefficient (Wildman–Crippen LogP) is 4.82. The van der Waals surface area contributed by atoms with Crippen LogP contribution in [0.4, 0.5) is 0 Å². The monoisotopic (exact) mass is 385 g/mol. The predicted molar refractivity (Wildman–Crippen MR) is 113 cm³/mol. The Bertz CT molecular complexity index is 812. The molecule has 26 heavy (non-hydrogen) atoms. The maximum atomic E-state index is 5.96. The van der Waals surface area contributed by atoms with Crippen LogP contribution in [0.25, 0.3) is 21.8 Å². The van der Waals surface area contributed by atoms with Gasteiger partial charge in [-0.05, 0) is 38.2 Å². The van der Waals surface area contributed by atoms with Gasteiger partial charge in [0.1, 0.15) is 5.01 Å². The molecule has 0 saturated carbocycles. The van der Waals surface area contributed by atoms with E-state index in [0.29, 0.717) is 0 Å². The second-order valence-corrected chi connectivity index (χ2v) is 7.69. The number of hydrogen-bond acceptors (Lipinski definition) is 4. The summed E-state index contributed by atoms with van der Waals surface area (Å²) in [6, 6.07) is 16.6. The summed E-state index contributed by atoms with van der Waals surface area (Å²) in [5.41, 5.74) is 4.65. The molecule has 1 aromatic heterocycles. The lowest BCUT2D eigenvalue weighted by Crippen LogP contribution is -2.29. The molecule has 0 aliphatic heterocycles. The number of likely N-dealkylation sites (N-methyl/N-ethyl adjacent to an activating group) is 2. The van der Waals surface area contributed by atoms with Gasteiger partial charge in [-0.15, -0.1) is 11.3 Å². The Morgan fingerprint density at radius 3 is 2.38 bits per heavy atom. The Morgan fingerprint density at radius 2 is 1.69 bits per heavy atom. The minimum absolute atomic E-state index is 0.748. The first-order valence-electron chi connectivity index (χ1n) is 8.79. The summed E-state index contributed by atoms with van der Waals surface area (Å²) in [6.07, 6.45) is 1.06. The normalized spacial score (nSPS) is 11.2. The summed E-state index contributed by atoms with van der Waals surface area (Å²) >= 11 is 7.62. The molecular weight excluding hydrogens is 362 g/mol. The molecule has 3 aromatic rings. The molecule has 0 spiro atoms. The Kier molecular flexibility index (Phi) is 6.80.